The molecule has 3 aromatic rings. The second-order valence-electron chi connectivity index (χ2n) is 5.72. The molecule has 0 spiro atoms. The Morgan fingerprint density at radius 3 is 2.83 bits per heavy atom. The molecule has 0 atom stereocenters. The first kappa shape index (κ1) is 15.6. The number of carbonyl (C=O) groups is 1. The summed E-state index contributed by atoms with van der Waals surface area (Å²) in [6, 6.07) is 9.42. The third-order valence-corrected chi connectivity index (χ3v) is 4.27. The largest absolute Gasteiger partial charge is 0.356 e. The van der Waals surface area contributed by atoms with E-state index in [1.807, 2.05) is 39.0 Å². The van der Waals surface area contributed by atoms with Crippen molar-refractivity contribution in [2.24, 2.45) is 0 Å². The molecule has 0 fully saturated rings. The van der Waals surface area contributed by atoms with Crippen molar-refractivity contribution in [1.82, 2.24) is 5.16 Å². The van der Waals surface area contributed by atoms with Gasteiger partial charge in [-0.2, -0.15) is 0 Å². The summed E-state index contributed by atoms with van der Waals surface area (Å²) >= 11 is 6.08. The van der Waals surface area contributed by atoms with Crippen molar-refractivity contribution in [3.63, 3.8) is 0 Å². The number of anilines is 1. The van der Waals surface area contributed by atoms with Crippen LogP contribution in [0.5, 0.6) is 0 Å². The van der Waals surface area contributed by atoms with Gasteiger partial charge in [0, 0.05) is 16.1 Å². The Balaban J connectivity index is 1.85. The van der Waals surface area contributed by atoms with E-state index in [2.05, 4.69) is 16.5 Å². The SMILES string of the molecule is Cc1cc(C)c2c(CC(=O)Nc3cccc(Cl)c3C)noc2c1. The van der Waals surface area contributed by atoms with Crippen LogP contribution < -0.4 is 5.32 Å². The first-order chi connectivity index (χ1) is 11.0. The van der Waals surface area contributed by atoms with Crippen molar-refractivity contribution in [2.45, 2.75) is 27.2 Å². The van der Waals surface area contributed by atoms with Gasteiger partial charge in [0.2, 0.25) is 5.91 Å². The molecule has 0 aliphatic rings. The molecule has 1 aromatic heterocycles. The minimum absolute atomic E-state index is 0.148. The molecule has 0 aliphatic heterocycles. The molecular formula is C18H17ClN2O2. The molecule has 4 nitrogen and oxygen atoms in total. The first-order valence-corrected chi connectivity index (χ1v) is 7.74. The number of amides is 1. The highest BCUT2D eigenvalue weighted by Crippen LogP contribution is 2.26. The van der Waals surface area contributed by atoms with E-state index in [9.17, 15) is 4.79 Å². The average molecular weight is 329 g/mol. The Morgan fingerprint density at radius 2 is 2.04 bits per heavy atom. The summed E-state index contributed by atoms with van der Waals surface area (Å²) in [5.74, 6) is -0.148. The topological polar surface area (TPSA) is 55.1 Å². The Labute approximate surface area is 139 Å². The van der Waals surface area contributed by atoms with Gasteiger partial charge in [-0.05, 0) is 55.7 Å². The monoisotopic (exact) mass is 328 g/mol. The summed E-state index contributed by atoms with van der Waals surface area (Å²) in [5.41, 5.74) is 5.08. The van der Waals surface area contributed by atoms with Crippen molar-refractivity contribution >= 4 is 34.2 Å². The van der Waals surface area contributed by atoms with Crippen molar-refractivity contribution in [1.29, 1.82) is 0 Å². The maximum absolute atomic E-state index is 12.3. The van der Waals surface area contributed by atoms with Gasteiger partial charge in [0.15, 0.2) is 5.58 Å². The number of rotatable bonds is 3. The number of halogens is 1. The number of nitrogens with one attached hydrogen (secondary N) is 1. The maximum Gasteiger partial charge on any atom is 0.230 e. The van der Waals surface area contributed by atoms with Crippen LogP contribution in [0.4, 0.5) is 5.69 Å². The average Bonchev–Trinajstić information content (AvgIpc) is 2.86. The highest BCUT2D eigenvalue weighted by molar-refractivity contribution is 6.31. The lowest BCUT2D eigenvalue weighted by Gasteiger charge is -2.09. The number of hydrogen-bond donors (Lipinski definition) is 1. The van der Waals surface area contributed by atoms with E-state index in [1.54, 1.807) is 6.07 Å². The Morgan fingerprint density at radius 1 is 1.26 bits per heavy atom. The Bertz CT molecular complexity index is 899. The van der Waals surface area contributed by atoms with E-state index < -0.39 is 0 Å². The van der Waals surface area contributed by atoms with Crippen LogP contribution >= 0.6 is 11.6 Å². The fourth-order valence-electron chi connectivity index (χ4n) is 2.73. The molecule has 0 bridgehead atoms. The first-order valence-electron chi connectivity index (χ1n) is 7.36. The second-order valence-corrected chi connectivity index (χ2v) is 6.13. The van der Waals surface area contributed by atoms with Gasteiger partial charge in [0.1, 0.15) is 5.69 Å². The molecule has 118 valence electrons. The van der Waals surface area contributed by atoms with E-state index in [4.69, 9.17) is 16.1 Å². The number of fused-ring (bicyclic) bond motifs is 1. The van der Waals surface area contributed by atoms with E-state index in [0.717, 1.165) is 22.1 Å². The van der Waals surface area contributed by atoms with Gasteiger partial charge in [-0.25, -0.2) is 0 Å². The predicted octanol–water partition coefficient (Wildman–Crippen LogP) is 4.59. The van der Waals surface area contributed by atoms with E-state index >= 15 is 0 Å². The lowest BCUT2D eigenvalue weighted by atomic mass is 10.0. The van der Waals surface area contributed by atoms with Crippen LogP contribution in [0, 0.1) is 20.8 Å². The molecule has 1 N–H and O–H groups in total. The summed E-state index contributed by atoms with van der Waals surface area (Å²) in [7, 11) is 0. The van der Waals surface area contributed by atoms with E-state index in [0.29, 0.717) is 22.0 Å². The Kier molecular flexibility index (Phi) is 4.09. The molecule has 3 rings (SSSR count). The zero-order valence-corrected chi connectivity index (χ0v) is 14.0. The normalized spacial score (nSPS) is 11.0. The molecule has 0 unspecified atom stereocenters. The van der Waals surface area contributed by atoms with Gasteiger partial charge >= 0.3 is 0 Å². The fourth-order valence-corrected chi connectivity index (χ4v) is 2.90. The molecule has 2 aromatic carbocycles. The van der Waals surface area contributed by atoms with Crippen molar-refractivity contribution in [3.05, 3.63) is 57.7 Å². The Hall–Kier alpha value is -2.33. The molecule has 1 amide bonds. The number of carbonyl (C=O) groups excluding carboxylic acids is 1. The summed E-state index contributed by atoms with van der Waals surface area (Å²) in [5, 5.41) is 8.47. The van der Waals surface area contributed by atoms with Crippen molar-refractivity contribution < 1.29 is 9.32 Å². The summed E-state index contributed by atoms with van der Waals surface area (Å²) in [6.45, 7) is 5.87. The highest BCUT2D eigenvalue weighted by atomic mass is 35.5. The summed E-state index contributed by atoms with van der Waals surface area (Å²) < 4.78 is 5.35. The number of nitrogens with zero attached hydrogens (tertiary/aromatic N) is 1. The van der Waals surface area contributed by atoms with Gasteiger partial charge in [0.05, 0.1) is 6.42 Å². The molecule has 0 radical (unpaired) electrons. The zero-order valence-electron chi connectivity index (χ0n) is 13.2. The van der Waals surface area contributed by atoms with Crippen LogP contribution in [-0.2, 0) is 11.2 Å². The highest BCUT2D eigenvalue weighted by Gasteiger charge is 2.15. The zero-order chi connectivity index (χ0) is 16.6. The van der Waals surface area contributed by atoms with Gasteiger partial charge in [-0.1, -0.05) is 28.9 Å². The quantitative estimate of drug-likeness (QED) is 0.765. The van der Waals surface area contributed by atoms with Crippen LogP contribution in [0.25, 0.3) is 11.0 Å². The van der Waals surface area contributed by atoms with E-state index in [-0.39, 0.29) is 12.3 Å². The minimum Gasteiger partial charge on any atom is -0.356 e. The molecule has 0 saturated heterocycles. The molecule has 5 heteroatoms. The van der Waals surface area contributed by atoms with Gasteiger partial charge < -0.3 is 9.84 Å². The van der Waals surface area contributed by atoms with Crippen LogP contribution in [0.2, 0.25) is 5.02 Å². The number of benzene rings is 2. The number of hydrogen-bond acceptors (Lipinski definition) is 3. The third kappa shape index (κ3) is 3.08. The molecule has 0 aliphatic carbocycles. The molecule has 23 heavy (non-hydrogen) atoms. The second kappa shape index (κ2) is 6.05. The third-order valence-electron chi connectivity index (χ3n) is 3.86. The molecular weight excluding hydrogens is 312 g/mol. The van der Waals surface area contributed by atoms with Crippen LogP contribution in [-0.4, -0.2) is 11.1 Å². The van der Waals surface area contributed by atoms with Gasteiger partial charge in [0.25, 0.3) is 0 Å². The van der Waals surface area contributed by atoms with Crippen LogP contribution in [0.15, 0.2) is 34.9 Å². The van der Waals surface area contributed by atoms with Crippen molar-refractivity contribution in [2.75, 3.05) is 5.32 Å². The predicted molar refractivity (Wildman–Crippen MR) is 92.0 cm³/mol. The standard InChI is InChI=1S/C18H17ClN2O2/c1-10-7-11(2)18-15(21-23-16(18)8-10)9-17(22)20-14-6-4-5-13(19)12(14)3/h4-8H,9H2,1-3H3,(H,20,22). The van der Waals surface area contributed by atoms with Crippen LogP contribution in [0.1, 0.15) is 22.4 Å². The molecule has 1 heterocycles. The van der Waals surface area contributed by atoms with Gasteiger partial charge in [-0.3, -0.25) is 4.79 Å². The molecule has 0 saturated carbocycles. The fraction of sp³-hybridized carbons (Fsp3) is 0.222. The van der Waals surface area contributed by atoms with E-state index in [1.165, 1.54) is 0 Å². The summed E-state index contributed by atoms with van der Waals surface area (Å²) in [4.78, 5) is 12.3. The van der Waals surface area contributed by atoms with Gasteiger partial charge in [-0.15, -0.1) is 0 Å². The van der Waals surface area contributed by atoms with Crippen LogP contribution in [0.3, 0.4) is 0 Å². The minimum atomic E-state index is -0.148. The maximum atomic E-state index is 12.3. The number of aromatic nitrogens is 1. The smallest absolute Gasteiger partial charge is 0.230 e. The lowest BCUT2D eigenvalue weighted by Crippen LogP contribution is -2.15. The number of aryl methyl sites for hydroxylation is 2. The lowest BCUT2D eigenvalue weighted by molar-refractivity contribution is -0.115. The van der Waals surface area contributed by atoms with Crippen molar-refractivity contribution in [3.8, 4) is 0 Å². The summed E-state index contributed by atoms with van der Waals surface area (Å²) in [6.07, 6.45) is 0.156.